The number of hydrogen-bond donors (Lipinski definition) is 1. The topological polar surface area (TPSA) is 32.3 Å². The van der Waals surface area contributed by atoms with Gasteiger partial charge in [-0.1, -0.05) is 23.7 Å². The van der Waals surface area contributed by atoms with E-state index in [1.54, 1.807) is 0 Å². The summed E-state index contributed by atoms with van der Waals surface area (Å²) in [5.74, 6) is 0.0925. The molecule has 20 heavy (non-hydrogen) atoms. The minimum Gasteiger partial charge on any atom is -0.334 e. The minimum absolute atomic E-state index is 0.0925. The van der Waals surface area contributed by atoms with Gasteiger partial charge in [0.25, 0.3) is 5.91 Å². The van der Waals surface area contributed by atoms with Crippen molar-refractivity contribution in [2.45, 2.75) is 44.7 Å². The number of carbonyl (C=O) groups excluding carboxylic acids is 1. The molecule has 4 heteroatoms. The van der Waals surface area contributed by atoms with Crippen LogP contribution in [0.3, 0.4) is 0 Å². The predicted molar refractivity (Wildman–Crippen MR) is 81.3 cm³/mol. The molecule has 0 spiro atoms. The Bertz CT molecular complexity index is 511. The highest BCUT2D eigenvalue weighted by Crippen LogP contribution is 2.29. The first-order valence-corrected chi connectivity index (χ1v) is 7.86. The molecule has 2 unspecified atom stereocenters. The van der Waals surface area contributed by atoms with E-state index in [1.165, 1.54) is 12.8 Å². The number of aryl methyl sites for hydroxylation is 1. The average Bonchev–Trinajstić information content (AvgIpc) is 3.10. The standard InChI is InChI=1S/C16H21ClN2O/c1-11-5-2-6-12(15(11)17)16(20)19-10-4-8-14(19)13-7-3-9-18-13/h2,5-6,13-14,18H,3-4,7-10H2,1H3. The smallest absolute Gasteiger partial charge is 0.255 e. The first-order chi connectivity index (χ1) is 9.68. The highest BCUT2D eigenvalue weighted by atomic mass is 35.5. The highest BCUT2D eigenvalue weighted by molar-refractivity contribution is 6.34. The zero-order chi connectivity index (χ0) is 14.1. The van der Waals surface area contributed by atoms with Crippen LogP contribution in [-0.4, -0.2) is 36.0 Å². The van der Waals surface area contributed by atoms with Crippen molar-refractivity contribution in [1.82, 2.24) is 10.2 Å². The minimum atomic E-state index is 0.0925. The summed E-state index contributed by atoms with van der Waals surface area (Å²) < 4.78 is 0. The van der Waals surface area contributed by atoms with Crippen molar-refractivity contribution < 1.29 is 4.79 Å². The van der Waals surface area contributed by atoms with Crippen LogP contribution in [-0.2, 0) is 0 Å². The largest absolute Gasteiger partial charge is 0.334 e. The average molecular weight is 293 g/mol. The molecule has 2 fully saturated rings. The van der Waals surface area contributed by atoms with Gasteiger partial charge in [-0.3, -0.25) is 4.79 Å². The molecule has 1 aromatic rings. The first-order valence-electron chi connectivity index (χ1n) is 7.48. The van der Waals surface area contributed by atoms with E-state index in [4.69, 9.17) is 11.6 Å². The fraction of sp³-hybridized carbons (Fsp3) is 0.562. The number of benzene rings is 1. The zero-order valence-electron chi connectivity index (χ0n) is 11.9. The third kappa shape index (κ3) is 2.45. The van der Waals surface area contributed by atoms with Gasteiger partial charge in [-0.25, -0.2) is 0 Å². The second-order valence-electron chi connectivity index (χ2n) is 5.85. The molecule has 2 aliphatic rings. The molecular weight excluding hydrogens is 272 g/mol. The monoisotopic (exact) mass is 292 g/mol. The summed E-state index contributed by atoms with van der Waals surface area (Å²) in [6, 6.07) is 6.49. The number of halogens is 1. The Hall–Kier alpha value is -1.06. The number of carbonyl (C=O) groups is 1. The normalized spacial score (nSPS) is 26.2. The van der Waals surface area contributed by atoms with E-state index in [1.807, 2.05) is 30.0 Å². The molecule has 108 valence electrons. The van der Waals surface area contributed by atoms with Gasteiger partial charge in [0.05, 0.1) is 10.6 Å². The molecule has 1 amide bonds. The molecule has 0 bridgehead atoms. The van der Waals surface area contributed by atoms with E-state index in [2.05, 4.69) is 5.32 Å². The van der Waals surface area contributed by atoms with Crippen molar-refractivity contribution in [1.29, 1.82) is 0 Å². The Morgan fingerprint density at radius 2 is 2.20 bits per heavy atom. The lowest BCUT2D eigenvalue weighted by Gasteiger charge is -2.30. The molecule has 0 saturated carbocycles. The SMILES string of the molecule is Cc1cccc(C(=O)N2CCCC2C2CCCN2)c1Cl. The van der Waals surface area contributed by atoms with Gasteiger partial charge in [-0.15, -0.1) is 0 Å². The van der Waals surface area contributed by atoms with Gasteiger partial charge in [0.1, 0.15) is 0 Å². The molecule has 2 saturated heterocycles. The van der Waals surface area contributed by atoms with Gasteiger partial charge < -0.3 is 10.2 Å². The molecule has 2 heterocycles. The molecule has 1 N–H and O–H groups in total. The number of amides is 1. The van der Waals surface area contributed by atoms with E-state index in [-0.39, 0.29) is 5.91 Å². The van der Waals surface area contributed by atoms with Crippen molar-refractivity contribution in [3.05, 3.63) is 34.3 Å². The molecule has 2 aliphatic heterocycles. The maximum Gasteiger partial charge on any atom is 0.255 e. The number of rotatable bonds is 2. The fourth-order valence-electron chi connectivity index (χ4n) is 3.47. The fourth-order valence-corrected chi connectivity index (χ4v) is 3.68. The first kappa shape index (κ1) is 13.9. The Morgan fingerprint density at radius 1 is 1.35 bits per heavy atom. The van der Waals surface area contributed by atoms with Gasteiger partial charge in [0, 0.05) is 18.6 Å². The predicted octanol–water partition coefficient (Wildman–Crippen LogP) is 3.01. The summed E-state index contributed by atoms with van der Waals surface area (Å²) in [5.41, 5.74) is 1.61. The van der Waals surface area contributed by atoms with E-state index < -0.39 is 0 Å². The number of hydrogen-bond acceptors (Lipinski definition) is 2. The quantitative estimate of drug-likeness (QED) is 0.909. The second kappa shape index (κ2) is 5.74. The lowest BCUT2D eigenvalue weighted by atomic mass is 10.0. The van der Waals surface area contributed by atoms with Crippen molar-refractivity contribution in [2.24, 2.45) is 0 Å². The van der Waals surface area contributed by atoms with Crippen LogP contribution < -0.4 is 5.32 Å². The maximum absolute atomic E-state index is 12.8. The van der Waals surface area contributed by atoms with Crippen LogP contribution in [0.15, 0.2) is 18.2 Å². The number of nitrogens with one attached hydrogen (secondary N) is 1. The summed E-state index contributed by atoms with van der Waals surface area (Å²) in [4.78, 5) is 14.8. The van der Waals surface area contributed by atoms with Crippen LogP contribution in [0.5, 0.6) is 0 Å². The summed E-state index contributed by atoms with van der Waals surface area (Å²) >= 11 is 6.31. The van der Waals surface area contributed by atoms with Gasteiger partial charge in [0.2, 0.25) is 0 Å². The zero-order valence-corrected chi connectivity index (χ0v) is 12.6. The molecular formula is C16H21ClN2O. The van der Waals surface area contributed by atoms with Crippen LogP contribution in [0.1, 0.15) is 41.6 Å². The number of nitrogens with zero attached hydrogens (tertiary/aromatic N) is 1. The van der Waals surface area contributed by atoms with Crippen molar-refractivity contribution in [3.63, 3.8) is 0 Å². The maximum atomic E-state index is 12.8. The van der Waals surface area contributed by atoms with Crippen LogP contribution in [0.4, 0.5) is 0 Å². The third-order valence-corrected chi connectivity index (χ3v) is 5.05. The lowest BCUT2D eigenvalue weighted by molar-refractivity contribution is 0.0711. The van der Waals surface area contributed by atoms with E-state index in [9.17, 15) is 4.79 Å². The van der Waals surface area contributed by atoms with Crippen molar-refractivity contribution >= 4 is 17.5 Å². The Balaban J connectivity index is 1.83. The van der Waals surface area contributed by atoms with E-state index in [0.717, 1.165) is 31.5 Å². The van der Waals surface area contributed by atoms with Crippen molar-refractivity contribution in [3.8, 4) is 0 Å². The lowest BCUT2D eigenvalue weighted by Crippen LogP contribution is -2.46. The van der Waals surface area contributed by atoms with Crippen LogP contribution in [0.25, 0.3) is 0 Å². The number of likely N-dealkylation sites (tertiary alicyclic amines) is 1. The van der Waals surface area contributed by atoms with E-state index >= 15 is 0 Å². The summed E-state index contributed by atoms with van der Waals surface area (Å²) in [6.45, 7) is 3.87. The molecule has 0 aromatic heterocycles. The molecule has 2 atom stereocenters. The molecule has 3 rings (SSSR count). The van der Waals surface area contributed by atoms with Gasteiger partial charge in [0.15, 0.2) is 0 Å². The summed E-state index contributed by atoms with van der Waals surface area (Å²) in [6.07, 6.45) is 4.59. The van der Waals surface area contributed by atoms with Crippen LogP contribution in [0.2, 0.25) is 5.02 Å². The van der Waals surface area contributed by atoms with Crippen LogP contribution >= 0.6 is 11.6 Å². The summed E-state index contributed by atoms with van der Waals surface area (Å²) in [7, 11) is 0. The van der Waals surface area contributed by atoms with Gasteiger partial charge in [-0.05, 0) is 50.8 Å². The highest BCUT2D eigenvalue weighted by Gasteiger charge is 2.36. The van der Waals surface area contributed by atoms with Crippen LogP contribution in [0, 0.1) is 6.92 Å². The van der Waals surface area contributed by atoms with E-state index in [0.29, 0.717) is 22.7 Å². The Labute approximate surface area is 125 Å². The van der Waals surface area contributed by atoms with Gasteiger partial charge in [-0.2, -0.15) is 0 Å². The molecule has 1 aromatic carbocycles. The Kier molecular flexibility index (Phi) is 3.99. The molecule has 0 aliphatic carbocycles. The molecule has 0 radical (unpaired) electrons. The molecule has 3 nitrogen and oxygen atoms in total. The van der Waals surface area contributed by atoms with Crippen molar-refractivity contribution in [2.75, 3.05) is 13.1 Å². The second-order valence-corrected chi connectivity index (χ2v) is 6.23. The summed E-state index contributed by atoms with van der Waals surface area (Å²) in [5, 5.41) is 4.13. The van der Waals surface area contributed by atoms with Gasteiger partial charge >= 0.3 is 0 Å². The Morgan fingerprint density at radius 3 is 2.95 bits per heavy atom. The third-order valence-electron chi connectivity index (χ3n) is 4.55.